The third kappa shape index (κ3) is 5.83. The Hall–Kier alpha value is -8.35. The van der Waals surface area contributed by atoms with Crippen molar-refractivity contribution in [2.75, 3.05) is 0 Å². The summed E-state index contributed by atoms with van der Waals surface area (Å²) >= 11 is 0. The van der Waals surface area contributed by atoms with Crippen molar-refractivity contribution in [1.82, 2.24) is 24.9 Å². The predicted molar refractivity (Wildman–Crippen MR) is 250 cm³/mol. The molecule has 0 amide bonds. The minimum Gasteiger partial charge on any atom is -0.456 e. The molecule has 0 saturated carbocycles. The first-order valence-electron chi connectivity index (χ1n) is 21.3. The molecular formula is C57H35N5O. The van der Waals surface area contributed by atoms with Crippen molar-refractivity contribution < 1.29 is 4.42 Å². The number of hydrogen-bond acceptors (Lipinski definition) is 6. The summed E-state index contributed by atoms with van der Waals surface area (Å²) < 4.78 is 6.32. The molecule has 3 aliphatic carbocycles. The number of para-hydroxylation sites is 1. The summed E-state index contributed by atoms with van der Waals surface area (Å²) in [5, 5.41) is 2.20. The van der Waals surface area contributed by atoms with E-state index in [2.05, 4.69) is 103 Å². The number of fused-ring (bicyclic) bond motifs is 3. The van der Waals surface area contributed by atoms with Crippen molar-refractivity contribution >= 4 is 21.9 Å². The van der Waals surface area contributed by atoms with E-state index in [4.69, 9.17) is 29.3 Å². The molecule has 294 valence electrons. The monoisotopic (exact) mass is 805 g/mol. The molecule has 3 aliphatic rings. The van der Waals surface area contributed by atoms with Gasteiger partial charge in [-0.1, -0.05) is 164 Å². The van der Waals surface area contributed by atoms with E-state index in [1.165, 1.54) is 33.4 Å². The van der Waals surface area contributed by atoms with E-state index in [-0.39, 0.29) is 11.8 Å². The Morgan fingerprint density at radius 3 is 1.27 bits per heavy atom. The van der Waals surface area contributed by atoms with Crippen molar-refractivity contribution in [2.24, 2.45) is 0 Å². The molecule has 6 heteroatoms. The lowest BCUT2D eigenvalue weighted by Crippen LogP contribution is -2.27. The van der Waals surface area contributed by atoms with Crippen LogP contribution in [0.3, 0.4) is 0 Å². The van der Waals surface area contributed by atoms with Gasteiger partial charge in [0.15, 0.2) is 23.3 Å². The molecule has 0 saturated heterocycles. The Morgan fingerprint density at radius 1 is 0.270 bits per heavy atom. The summed E-state index contributed by atoms with van der Waals surface area (Å²) in [4.78, 5) is 25.5. The number of furan rings is 1. The fourth-order valence-electron chi connectivity index (χ4n) is 9.80. The van der Waals surface area contributed by atoms with Gasteiger partial charge in [-0.15, -0.1) is 0 Å². The van der Waals surface area contributed by atoms with Gasteiger partial charge in [-0.05, 0) is 69.8 Å². The first-order valence-corrected chi connectivity index (χ1v) is 21.3. The largest absolute Gasteiger partial charge is 0.456 e. The van der Waals surface area contributed by atoms with Crippen LogP contribution in [0, 0.1) is 0 Å². The zero-order chi connectivity index (χ0) is 41.4. The van der Waals surface area contributed by atoms with Crippen LogP contribution in [0.5, 0.6) is 0 Å². The highest BCUT2D eigenvalue weighted by Crippen LogP contribution is 2.56. The molecule has 3 aromatic heterocycles. The number of aromatic nitrogens is 5. The normalized spacial score (nSPS) is 14.7. The van der Waals surface area contributed by atoms with Crippen molar-refractivity contribution in [3.63, 3.8) is 0 Å². The van der Waals surface area contributed by atoms with Gasteiger partial charge in [0, 0.05) is 56.0 Å². The molecule has 2 bridgehead atoms. The highest BCUT2D eigenvalue weighted by Gasteiger charge is 2.41. The third-order valence-electron chi connectivity index (χ3n) is 12.7. The maximum atomic E-state index is 6.32. The summed E-state index contributed by atoms with van der Waals surface area (Å²) in [6.45, 7) is 0. The average molecular weight is 806 g/mol. The lowest BCUT2D eigenvalue weighted by Gasteiger charge is -2.42. The zero-order valence-electron chi connectivity index (χ0n) is 33.9. The first-order chi connectivity index (χ1) is 31.2. The van der Waals surface area contributed by atoms with Gasteiger partial charge >= 0.3 is 0 Å². The zero-order valence-corrected chi connectivity index (χ0v) is 33.9. The summed E-state index contributed by atoms with van der Waals surface area (Å²) in [6, 6.07) is 69.9. The van der Waals surface area contributed by atoms with E-state index in [0.29, 0.717) is 23.3 Å². The molecule has 2 unspecified atom stereocenters. The van der Waals surface area contributed by atoms with Crippen LogP contribution in [0.1, 0.15) is 45.2 Å². The summed E-state index contributed by atoms with van der Waals surface area (Å²) in [7, 11) is 0. The lowest BCUT2D eigenvalue weighted by atomic mass is 9.60. The van der Waals surface area contributed by atoms with Crippen molar-refractivity contribution in [1.29, 1.82) is 0 Å². The molecule has 14 rings (SSSR count). The standard InChI is InChI=1S/C57H35N5O/c1-4-14-34(15-5-1)54-58-48(33-49(59-54)38-24-27-41-40-20-12-13-23-50(40)63-51(41)32-38)37-25-28-44-46(30-37)52-42-21-10-11-22-43(42)53(44)47-31-39(26-29-45(47)52)57-61-55(35-16-6-2-7-17-35)60-56(62-57)36-18-8-3-9-19-36/h1-33,52-53H. The smallest absolute Gasteiger partial charge is 0.164 e. The first kappa shape index (κ1) is 35.4. The number of rotatable bonds is 6. The Bertz CT molecular complexity index is 3530. The second kappa shape index (κ2) is 14.1. The molecule has 0 spiro atoms. The minimum absolute atomic E-state index is 0.0469. The SMILES string of the molecule is c1ccc(-c2nc(-c3ccc4c(c3)C3c5ccccc5C4c4cc(-c5nc(-c6ccccc6)nc(-c6ccccc6)n5)ccc43)cc(-c3ccc4c(c3)oc3ccccc34)n2)cc1. The molecular weight excluding hydrogens is 771 g/mol. The van der Waals surface area contributed by atoms with Gasteiger partial charge in [0.2, 0.25) is 0 Å². The second-order valence-electron chi connectivity index (χ2n) is 16.4. The Balaban J connectivity index is 0.938. The van der Waals surface area contributed by atoms with Crippen LogP contribution < -0.4 is 0 Å². The highest BCUT2D eigenvalue weighted by atomic mass is 16.3. The van der Waals surface area contributed by atoms with Crippen molar-refractivity contribution in [2.45, 2.75) is 11.8 Å². The Labute approximate surface area is 363 Å². The molecule has 6 nitrogen and oxygen atoms in total. The Morgan fingerprint density at radius 2 is 0.683 bits per heavy atom. The van der Waals surface area contributed by atoms with Gasteiger partial charge in [0.25, 0.3) is 0 Å². The molecule has 0 fully saturated rings. The molecule has 2 atom stereocenters. The van der Waals surface area contributed by atoms with E-state index in [9.17, 15) is 0 Å². The van der Waals surface area contributed by atoms with E-state index >= 15 is 0 Å². The van der Waals surface area contributed by atoms with Crippen LogP contribution in [0.2, 0.25) is 0 Å². The Kier molecular flexibility index (Phi) is 7.93. The van der Waals surface area contributed by atoms with Gasteiger partial charge in [0.1, 0.15) is 11.2 Å². The maximum Gasteiger partial charge on any atom is 0.164 e. The van der Waals surface area contributed by atoms with Crippen LogP contribution in [0.25, 0.3) is 90.0 Å². The molecule has 63 heavy (non-hydrogen) atoms. The van der Waals surface area contributed by atoms with Crippen molar-refractivity contribution in [3.05, 3.63) is 234 Å². The minimum atomic E-state index is 0.0469. The van der Waals surface area contributed by atoms with Crippen LogP contribution in [0.4, 0.5) is 0 Å². The number of benzene rings is 8. The van der Waals surface area contributed by atoms with E-state index in [1.807, 2.05) is 97.1 Å². The quantitative estimate of drug-likeness (QED) is 0.167. The van der Waals surface area contributed by atoms with Gasteiger partial charge < -0.3 is 4.42 Å². The fraction of sp³-hybridized carbons (Fsp3) is 0.0351. The van der Waals surface area contributed by atoms with Gasteiger partial charge in [0.05, 0.1) is 11.4 Å². The topological polar surface area (TPSA) is 77.6 Å². The second-order valence-corrected chi connectivity index (χ2v) is 16.4. The molecule has 3 heterocycles. The fourth-order valence-corrected chi connectivity index (χ4v) is 9.80. The van der Waals surface area contributed by atoms with Crippen LogP contribution >= 0.6 is 0 Å². The summed E-state index contributed by atoms with van der Waals surface area (Å²) in [5.41, 5.74) is 17.2. The highest BCUT2D eigenvalue weighted by molar-refractivity contribution is 6.05. The average Bonchev–Trinajstić information content (AvgIpc) is 3.74. The molecule has 0 aliphatic heterocycles. The summed E-state index contributed by atoms with van der Waals surface area (Å²) in [6.07, 6.45) is 0. The lowest BCUT2D eigenvalue weighted by molar-refractivity contribution is 0.669. The molecule has 11 aromatic rings. The predicted octanol–water partition coefficient (Wildman–Crippen LogP) is 13.6. The van der Waals surface area contributed by atoms with E-state index in [1.54, 1.807) is 0 Å². The number of nitrogens with zero attached hydrogens (tertiary/aromatic N) is 5. The van der Waals surface area contributed by atoms with Crippen LogP contribution in [0.15, 0.2) is 205 Å². The molecule has 0 radical (unpaired) electrons. The van der Waals surface area contributed by atoms with Gasteiger partial charge in [-0.25, -0.2) is 24.9 Å². The van der Waals surface area contributed by atoms with Crippen LogP contribution in [-0.4, -0.2) is 24.9 Å². The molecule has 8 aromatic carbocycles. The maximum absolute atomic E-state index is 6.32. The van der Waals surface area contributed by atoms with Gasteiger partial charge in [-0.2, -0.15) is 0 Å². The van der Waals surface area contributed by atoms with Crippen molar-refractivity contribution in [3.8, 4) is 68.1 Å². The van der Waals surface area contributed by atoms with Crippen LogP contribution in [-0.2, 0) is 0 Å². The molecule has 0 N–H and O–H groups in total. The third-order valence-corrected chi connectivity index (χ3v) is 12.7. The van der Waals surface area contributed by atoms with Gasteiger partial charge in [-0.3, -0.25) is 0 Å². The number of hydrogen-bond donors (Lipinski definition) is 0. The van der Waals surface area contributed by atoms with E-state index < -0.39 is 0 Å². The van der Waals surface area contributed by atoms with E-state index in [0.717, 1.165) is 66.7 Å². The summed E-state index contributed by atoms with van der Waals surface area (Å²) in [5.74, 6) is 2.74.